The van der Waals surface area contributed by atoms with Gasteiger partial charge in [0, 0.05) is 31.8 Å². The molecule has 0 bridgehead atoms. The molecule has 0 saturated heterocycles. The van der Waals surface area contributed by atoms with Gasteiger partial charge in [-0.25, -0.2) is 4.98 Å². The van der Waals surface area contributed by atoms with Gasteiger partial charge >= 0.3 is 0 Å². The van der Waals surface area contributed by atoms with Gasteiger partial charge in [-0.2, -0.15) is 0 Å². The Morgan fingerprint density at radius 3 is 2.50 bits per heavy atom. The fraction of sp³-hybridized carbons (Fsp3) is 0.600. The summed E-state index contributed by atoms with van der Waals surface area (Å²) in [5, 5.41) is 3.16. The molecule has 0 fully saturated rings. The van der Waals surface area contributed by atoms with Crippen LogP contribution in [0.15, 0.2) is 17.4 Å². The first-order valence-corrected chi connectivity index (χ1v) is 5.12. The molecule has 0 spiro atoms. The summed E-state index contributed by atoms with van der Waals surface area (Å²) in [4.78, 5) is 11.1. The van der Waals surface area contributed by atoms with Gasteiger partial charge in [0.1, 0.15) is 5.82 Å². The Morgan fingerprint density at radius 1 is 1.36 bits per heavy atom. The molecule has 0 unspecified atom stereocenters. The summed E-state index contributed by atoms with van der Waals surface area (Å²) in [5.41, 5.74) is 0. The second kappa shape index (κ2) is 6.18. The van der Waals surface area contributed by atoms with Gasteiger partial charge in [0.25, 0.3) is 0 Å². The Morgan fingerprint density at radius 2 is 2.21 bits per heavy atom. The molecule has 78 valence electrons. The zero-order valence-corrected chi connectivity index (χ0v) is 8.88. The Kier molecular flexibility index (Phi) is 4.75. The normalized spacial score (nSPS) is 14.0. The second-order valence-corrected chi connectivity index (χ2v) is 3.00. The van der Waals surface area contributed by atoms with Crippen molar-refractivity contribution < 1.29 is 0 Å². The molecule has 4 heteroatoms. The number of imidazole rings is 1. The number of aliphatic imine (C=N–C) groups is 1. The zero-order valence-electron chi connectivity index (χ0n) is 8.88. The number of hydrogen-bond acceptors (Lipinski definition) is 3. The minimum atomic E-state index is 0.975. The van der Waals surface area contributed by atoms with E-state index in [9.17, 15) is 0 Å². The zero-order chi connectivity index (χ0) is 10.2. The number of hydrogen-bond donors (Lipinski definition) is 2. The maximum absolute atomic E-state index is 4.16. The molecule has 0 saturated carbocycles. The van der Waals surface area contributed by atoms with E-state index in [1.807, 2.05) is 6.20 Å². The average molecular weight is 194 g/mol. The molecule has 0 radical (unpaired) electrons. The van der Waals surface area contributed by atoms with Crippen LogP contribution in [0, 0.1) is 0 Å². The highest BCUT2D eigenvalue weighted by Crippen LogP contribution is 1.87. The number of rotatable bonds is 2. The molecule has 2 rings (SSSR count). The predicted octanol–water partition coefficient (Wildman–Crippen LogP) is 1.37. The van der Waals surface area contributed by atoms with Gasteiger partial charge in [-0.3, -0.25) is 4.99 Å². The first kappa shape index (κ1) is 10.8. The highest BCUT2D eigenvalue weighted by atomic mass is 15.1. The largest absolute Gasteiger partial charge is 0.372 e. The van der Waals surface area contributed by atoms with E-state index in [4.69, 9.17) is 0 Å². The third kappa shape index (κ3) is 3.60. The van der Waals surface area contributed by atoms with Crippen molar-refractivity contribution in [3.63, 3.8) is 0 Å². The van der Waals surface area contributed by atoms with Crippen LogP contribution in [0.2, 0.25) is 0 Å². The molecular formula is C10H18N4. The minimum absolute atomic E-state index is 0.975. The van der Waals surface area contributed by atoms with Gasteiger partial charge in [0.15, 0.2) is 0 Å². The van der Waals surface area contributed by atoms with E-state index in [0.29, 0.717) is 0 Å². The molecule has 0 atom stereocenters. The summed E-state index contributed by atoms with van der Waals surface area (Å²) >= 11 is 0. The maximum atomic E-state index is 4.16. The van der Waals surface area contributed by atoms with E-state index in [-0.39, 0.29) is 0 Å². The van der Waals surface area contributed by atoms with Crippen LogP contribution >= 0.6 is 0 Å². The molecular weight excluding hydrogens is 176 g/mol. The summed E-state index contributed by atoms with van der Waals surface area (Å²) in [5.74, 6) is 2.22. The van der Waals surface area contributed by atoms with Gasteiger partial charge in [-0.05, 0) is 0 Å². The smallest absolute Gasteiger partial charge is 0.105 e. The highest BCUT2D eigenvalue weighted by Gasteiger charge is 1.98. The molecule has 4 nitrogen and oxygen atoms in total. The SMILES string of the molecule is CCC1=NCCN1.CCc1ncc[nH]1. The van der Waals surface area contributed by atoms with Crippen LogP contribution in [-0.2, 0) is 6.42 Å². The fourth-order valence-electron chi connectivity index (χ4n) is 1.18. The quantitative estimate of drug-likeness (QED) is 0.747. The monoisotopic (exact) mass is 194 g/mol. The van der Waals surface area contributed by atoms with Gasteiger partial charge in [0.05, 0.1) is 12.4 Å². The molecule has 1 aromatic heterocycles. The van der Waals surface area contributed by atoms with E-state index in [1.54, 1.807) is 6.20 Å². The summed E-state index contributed by atoms with van der Waals surface area (Å²) in [6.45, 7) is 6.20. The molecule has 2 N–H and O–H groups in total. The number of amidine groups is 1. The number of aryl methyl sites for hydroxylation is 1. The first-order chi connectivity index (χ1) is 6.86. The number of aromatic amines is 1. The van der Waals surface area contributed by atoms with Crippen molar-refractivity contribution >= 4 is 5.84 Å². The van der Waals surface area contributed by atoms with Gasteiger partial charge in [-0.1, -0.05) is 13.8 Å². The summed E-state index contributed by atoms with van der Waals surface area (Å²) in [6, 6.07) is 0. The number of nitrogens with zero attached hydrogens (tertiary/aromatic N) is 2. The lowest BCUT2D eigenvalue weighted by molar-refractivity contribution is 0.951. The molecule has 0 aliphatic carbocycles. The standard InChI is InChI=1S/C5H10N2.C5H8N2/c2*1-2-5-6-3-4-7-5/h2-4H2,1H3,(H,6,7);3-4H,2H2,1H3,(H,6,7). The van der Waals surface area contributed by atoms with Crippen LogP contribution < -0.4 is 5.32 Å². The van der Waals surface area contributed by atoms with Crippen molar-refractivity contribution in [2.75, 3.05) is 13.1 Å². The van der Waals surface area contributed by atoms with Gasteiger partial charge < -0.3 is 10.3 Å². The van der Waals surface area contributed by atoms with E-state index in [0.717, 1.165) is 31.8 Å². The number of nitrogens with one attached hydrogen (secondary N) is 2. The lowest BCUT2D eigenvalue weighted by Crippen LogP contribution is -2.16. The van der Waals surface area contributed by atoms with Gasteiger partial charge in [-0.15, -0.1) is 0 Å². The second-order valence-electron chi connectivity index (χ2n) is 3.00. The van der Waals surface area contributed by atoms with Crippen molar-refractivity contribution in [3.8, 4) is 0 Å². The van der Waals surface area contributed by atoms with Crippen LogP contribution in [0.25, 0.3) is 0 Å². The van der Waals surface area contributed by atoms with Crippen LogP contribution in [0.3, 0.4) is 0 Å². The lowest BCUT2D eigenvalue weighted by atomic mass is 10.4. The fourth-order valence-corrected chi connectivity index (χ4v) is 1.18. The van der Waals surface area contributed by atoms with Crippen molar-refractivity contribution in [1.82, 2.24) is 15.3 Å². The van der Waals surface area contributed by atoms with Crippen molar-refractivity contribution in [1.29, 1.82) is 0 Å². The van der Waals surface area contributed by atoms with Crippen LogP contribution in [0.4, 0.5) is 0 Å². The van der Waals surface area contributed by atoms with Gasteiger partial charge in [0.2, 0.25) is 0 Å². The van der Waals surface area contributed by atoms with Crippen LogP contribution in [-0.4, -0.2) is 28.9 Å². The summed E-state index contributed by atoms with van der Waals surface area (Å²) in [6.07, 6.45) is 5.64. The van der Waals surface area contributed by atoms with Crippen LogP contribution in [0.1, 0.15) is 26.1 Å². The molecule has 0 aromatic carbocycles. The molecule has 0 amide bonds. The summed E-state index contributed by atoms with van der Waals surface area (Å²) in [7, 11) is 0. The number of aromatic nitrogens is 2. The lowest BCUT2D eigenvalue weighted by Gasteiger charge is -1.91. The first-order valence-electron chi connectivity index (χ1n) is 5.12. The molecule has 2 heterocycles. The Balaban J connectivity index is 0.000000140. The molecule has 1 aliphatic rings. The minimum Gasteiger partial charge on any atom is -0.372 e. The van der Waals surface area contributed by atoms with E-state index in [1.165, 1.54) is 5.84 Å². The van der Waals surface area contributed by atoms with E-state index in [2.05, 4.69) is 34.1 Å². The topological polar surface area (TPSA) is 53.1 Å². The Hall–Kier alpha value is -1.32. The van der Waals surface area contributed by atoms with Crippen molar-refractivity contribution in [3.05, 3.63) is 18.2 Å². The number of H-pyrrole nitrogens is 1. The third-order valence-corrected chi connectivity index (χ3v) is 1.97. The third-order valence-electron chi connectivity index (χ3n) is 1.97. The van der Waals surface area contributed by atoms with E-state index >= 15 is 0 Å². The van der Waals surface area contributed by atoms with E-state index < -0.39 is 0 Å². The Labute approximate surface area is 84.9 Å². The van der Waals surface area contributed by atoms with Crippen LogP contribution in [0.5, 0.6) is 0 Å². The highest BCUT2D eigenvalue weighted by molar-refractivity contribution is 5.83. The maximum Gasteiger partial charge on any atom is 0.105 e. The molecule has 14 heavy (non-hydrogen) atoms. The molecule has 1 aliphatic heterocycles. The molecule has 1 aromatic rings. The Bertz CT molecular complexity index is 264. The van der Waals surface area contributed by atoms with Crippen molar-refractivity contribution in [2.24, 2.45) is 4.99 Å². The average Bonchev–Trinajstić information content (AvgIpc) is 2.92. The predicted molar refractivity (Wildman–Crippen MR) is 58.6 cm³/mol. The van der Waals surface area contributed by atoms with Crippen molar-refractivity contribution in [2.45, 2.75) is 26.7 Å². The summed E-state index contributed by atoms with van der Waals surface area (Å²) < 4.78 is 0.